The molecule has 1 amide bonds. The van der Waals surface area contributed by atoms with Gasteiger partial charge in [-0.1, -0.05) is 23.7 Å². The van der Waals surface area contributed by atoms with Crippen LogP contribution in [0.2, 0.25) is 5.02 Å². The van der Waals surface area contributed by atoms with Crippen molar-refractivity contribution in [2.45, 2.75) is 19.4 Å². The standard InChI is InChI=1S/C11H11ClFNO3/c1-6(15)14-9(11(16)17)5-7-3-2-4-8(12)10(7)13/h2-4,9H,5H2,1H3,(H,14,15)(H,16,17). The summed E-state index contributed by atoms with van der Waals surface area (Å²) in [5.41, 5.74) is 0.152. The minimum absolute atomic E-state index is 0.0746. The summed E-state index contributed by atoms with van der Waals surface area (Å²) in [6, 6.07) is 3.15. The van der Waals surface area contributed by atoms with E-state index >= 15 is 0 Å². The molecule has 0 radical (unpaired) electrons. The molecule has 1 aromatic rings. The fraction of sp³-hybridized carbons (Fsp3) is 0.273. The number of hydrogen-bond donors (Lipinski definition) is 2. The van der Waals surface area contributed by atoms with Gasteiger partial charge in [-0.2, -0.15) is 0 Å². The fourth-order valence-corrected chi connectivity index (χ4v) is 1.57. The number of aliphatic carboxylic acids is 1. The Morgan fingerprint density at radius 1 is 1.53 bits per heavy atom. The van der Waals surface area contributed by atoms with Gasteiger partial charge in [0.05, 0.1) is 5.02 Å². The van der Waals surface area contributed by atoms with Crippen LogP contribution in [0.4, 0.5) is 4.39 Å². The smallest absolute Gasteiger partial charge is 0.326 e. The maximum atomic E-state index is 13.5. The van der Waals surface area contributed by atoms with Crippen LogP contribution in [0.1, 0.15) is 12.5 Å². The number of amides is 1. The lowest BCUT2D eigenvalue weighted by atomic mass is 10.1. The van der Waals surface area contributed by atoms with Crippen molar-refractivity contribution in [3.8, 4) is 0 Å². The van der Waals surface area contributed by atoms with Gasteiger partial charge >= 0.3 is 5.97 Å². The molecule has 6 heteroatoms. The van der Waals surface area contributed by atoms with Gasteiger partial charge in [-0.3, -0.25) is 4.79 Å². The van der Waals surface area contributed by atoms with Gasteiger partial charge in [-0.05, 0) is 11.6 Å². The van der Waals surface area contributed by atoms with Crippen LogP contribution in [0.25, 0.3) is 0 Å². The Morgan fingerprint density at radius 3 is 2.71 bits per heavy atom. The third-order valence-corrected chi connectivity index (χ3v) is 2.42. The molecule has 0 saturated carbocycles. The van der Waals surface area contributed by atoms with Crippen LogP contribution in [0, 0.1) is 5.82 Å². The van der Waals surface area contributed by atoms with Gasteiger partial charge in [0, 0.05) is 13.3 Å². The van der Waals surface area contributed by atoms with E-state index in [2.05, 4.69) is 5.32 Å². The highest BCUT2D eigenvalue weighted by atomic mass is 35.5. The average molecular weight is 260 g/mol. The first-order chi connectivity index (χ1) is 7.91. The van der Waals surface area contributed by atoms with Crippen molar-refractivity contribution in [3.63, 3.8) is 0 Å². The van der Waals surface area contributed by atoms with Crippen molar-refractivity contribution in [2.24, 2.45) is 0 Å². The Balaban J connectivity index is 2.90. The predicted molar refractivity (Wildman–Crippen MR) is 60.4 cm³/mol. The fourth-order valence-electron chi connectivity index (χ4n) is 1.37. The SMILES string of the molecule is CC(=O)NC(Cc1cccc(Cl)c1F)C(=O)O. The molecule has 0 aliphatic heterocycles. The molecule has 4 nitrogen and oxygen atoms in total. The lowest BCUT2D eigenvalue weighted by Gasteiger charge is -2.13. The molecule has 0 aromatic heterocycles. The summed E-state index contributed by atoms with van der Waals surface area (Å²) < 4.78 is 13.5. The molecule has 1 rings (SSSR count). The molecule has 0 aliphatic rings. The number of halogens is 2. The van der Waals surface area contributed by atoms with Gasteiger partial charge in [0.2, 0.25) is 5.91 Å². The molecule has 0 bridgehead atoms. The molecule has 0 heterocycles. The highest BCUT2D eigenvalue weighted by Crippen LogP contribution is 2.19. The van der Waals surface area contributed by atoms with Gasteiger partial charge in [0.15, 0.2) is 0 Å². The number of carboxylic acid groups (broad SMARTS) is 1. The molecule has 0 spiro atoms. The van der Waals surface area contributed by atoms with Crippen LogP contribution in [0.3, 0.4) is 0 Å². The molecule has 92 valence electrons. The Kier molecular flexibility index (Phi) is 4.45. The molecule has 1 atom stereocenters. The summed E-state index contributed by atoms with van der Waals surface area (Å²) in [6.07, 6.45) is -0.151. The summed E-state index contributed by atoms with van der Waals surface area (Å²) in [5.74, 6) is -2.37. The van der Waals surface area contributed by atoms with Crippen molar-refractivity contribution < 1.29 is 19.1 Å². The molecule has 0 fully saturated rings. The largest absolute Gasteiger partial charge is 0.480 e. The van der Waals surface area contributed by atoms with Crippen LogP contribution in [-0.2, 0) is 16.0 Å². The summed E-state index contributed by atoms with van der Waals surface area (Å²) in [7, 11) is 0. The molecule has 0 saturated heterocycles. The van der Waals surface area contributed by atoms with Gasteiger partial charge in [0.25, 0.3) is 0 Å². The first-order valence-corrected chi connectivity index (χ1v) is 5.22. The molecule has 2 N–H and O–H groups in total. The molecule has 1 aromatic carbocycles. The molecule has 0 aliphatic carbocycles. The maximum absolute atomic E-state index is 13.5. The van der Waals surface area contributed by atoms with E-state index in [1.807, 2.05) is 0 Å². The van der Waals surface area contributed by atoms with Crippen LogP contribution in [0.15, 0.2) is 18.2 Å². The normalized spacial score (nSPS) is 11.9. The second-order valence-electron chi connectivity index (χ2n) is 3.51. The number of carbonyl (C=O) groups is 2. The quantitative estimate of drug-likeness (QED) is 0.863. The molecule has 17 heavy (non-hydrogen) atoms. The number of hydrogen-bond acceptors (Lipinski definition) is 2. The summed E-state index contributed by atoms with van der Waals surface area (Å²) >= 11 is 5.57. The number of rotatable bonds is 4. The van der Waals surface area contributed by atoms with Gasteiger partial charge in [-0.25, -0.2) is 9.18 Å². The molecular weight excluding hydrogens is 249 g/mol. The second kappa shape index (κ2) is 5.63. The van der Waals surface area contributed by atoms with Crippen molar-refractivity contribution >= 4 is 23.5 Å². The van der Waals surface area contributed by atoms with Crippen LogP contribution >= 0.6 is 11.6 Å². The maximum Gasteiger partial charge on any atom is 0.326 e. The van der Waals surface area contributed by atoms with Crippen molar-refractivity contribution in [3.05, 3.63) is 34.6 Å². The number of benzene rings is 1. The van der Waals surface area contributed by atoms with Gasteiger partial charge < -0.3 is 10.4 Å². The van der Waals surface area contributed by atoms with E-state index in [0.717, 1.165) is 0 Å². The Morgan fingerprint density at radius 2 is 2.18 bits per heavy atom. The zero-order chi connectivity index (χ0) is 13.0. The zero-order valence-electron chi connectivity index (χ0n) is 9.04. The summed E-state index contributed by atoms with van der Waals surface area (Å²) in [5, 5.41) is 11.0. The highest BCUT2D eigenvalue weighted by Gasteiger charge is 2.21. The van der Waals surface area contributed by atoms with E-state index in [1.165, 1.54) is 25.1 Å². The van der Waals surface area contributed by atoms with Gasteiger partial charge in [0.1, 0.15) is 11.9 Å². The van der Waals surface area contributed by atoms with E-state index < -0.39 is 23.7 Å². The third-order valence-electron chi connectivity index (χ3n) is 2.13. The lowest BCUT2D eigenvalue weighted by molar-refractivity contribution is -0.141. The highest BCUT2D eigenvalue weighted by molar-refractivity contribution is 6.30. The summed E-state index contributed by atoms with van der Waals surface area (Å²) in [4.78, 5) is 21.7. The van der Waals surface area contributed by atoms with E-state index in [4.69, 9.17) is 16.7 Å². The Bertz CT molecular complexity index is 450. The molecule has 1 unspecified atom stereocenters. The van der Waals surface area contributed by atoms with E-state index in [1.54, 1.807) is 0 Å². The number of nitrogens with one attached hydrogen (secondary N) is 1. The minimum Gasteiger partial charge on any atom is -0.480 e. The predicted octanol–water partition coefficient (Wildman–Crippen LogP) is 1.61. The van der Waals surface area contributed by atoms with Crippen LogP contribution in [0.5, 0.6) is 0 Å². The zero-order valence-corrected chi connectivity index (χ0v) is 9.79. The monoisotopic (exact) mass is 259 g/mol. The Labute approximate surface area is 102 Å². The van der Waals surface area contributed by atoms with Crippen LogP contribution < -0.4 is 5.32 Å². The van der Waals surface area contributed by atoms with Crippen molar-refractivity contribution in [2.75, 3.05) is 0 Å². The Hall–Kier alpha value is -1.62. The minimum atomic E-state index is -1.22. The number of carboxylic acids is 1. The van der Waals surface area contributed by atoms with E-state index in [0.29, 0.717) is 0 Å². The number of carbonyl (C=O) groups excluding carboxylic acids is 1. The first-order valence-electron chi connectivity index (χ1n) is 4.84. The van der Waals surface area contributed by atoms with E-state index in [9.17, 15) is 14.0 Å². The lowest BCUT2D eigenvalue weighted by Crippen LogP contribution is -2.41. The van der Waals surface area contributed by atoms with Crippen LogP contribution in [-0.4, -0.2) is 23.0 Å². The summed E-state index contributed by atoms with van der Waals surface area (Å²) in [6.45, 7) is 1.20. The third kappa shape index (κ3) is 3.71. The average Bonchev–Trinajstić information content (AvgIpc) is 2.22. The van der Waals surface area contributed by atoms with Crippen molar-refractivity contribution in [1.82, 2.24) is 5.32 Å². The van der Waals surface area contributed by atoms with E-state index in [-0.39, 0.29) is 17.0 Å². The topological polar surface area (TPSA) is 66.4 Å². The first kappa shape index (κ1) is 13.4. The molecular formula is C11H11ClFNO3. The second-order valence-corrected chi connectivity index (χ2v) is 3.92. The van der Waals surface area contributed by atoms with Crippen molar-refractivity contribution in [1.29, 1.82) is 0 Å². The van der Waals surface area contributed by atoms with Gasteiger partial charge in [-0.15, -0.1) is 0 Å².